The summed E-state index contributed by atoms with van der Waals surface area (Å²) >= 11 is 0. The molecule has 0 saturated carbocycles. The molecule has 0 radical (unpaired) electrons. The van der Waals surface area contributed by atoms with E-state index in [2.05, 4.69) is 22.0 Å². The summed E-state index contributed by atoms with van der Waals surface area (Å²) in [6, 6.07) is 0. The number of hydrogen-bond acceptors (Lipinski definition) is 3. The highest BCUT2D eigenvalue weighted by molar-refractivity contribution is 5.78. The average Bonchev–Trinajstić information content (AvgIpc) is 2.70. The first-order valence-electron chi connectivity index (χ1n) is 7.82. The maximum absolute atomic E-state index is 12.3. The predicted molar refractivity (Wildman–Crippen MR) is 78.2 cm³/mol. The lowest BCUT2D eigenvalue weighted by molar-refractivity contribution is -0.132. The Bertz CT molecular complexity index is 290. The van der Waals surface area contributed by atoms with Crippen LogP contribution < -0.4 is 5.32 Å². The molecule has 1 N–H and O–H groups in total. The van der Waals surface area contributed by atoms with E-state index in [4.69, 9.17) is 0 Å². The zero-order chi connectivity index (χ0) is 13.7. The van der Waals surface area contributed by atoms with E-state index < -0.39 is 0 Å². The summed E-state index contributed by atoms with van der Waals surface area (Å²) in [6.07, 6.45) is 7.21. The summed E-state index contributed by atoms with van der Waals surface area (Å²) in [4.78, 5) is 16.7. The third-order valence-corrected chi connectivity index (χ3v) is 4.88. The molecule has 0 atom stereocenters. The van der Waals surface area contributed by atoms with Crippen molar-refractivity contribution in [3.8, 4) is 0 Å². The first kappa shape index (κ1) is 14.8. The number of piperidine rings is 1. The fourth-order valence-electron chi connectivity index (χ4n) is 3.07. The summed E-state index contributed by atoms with van der Waals surface area (Å²) in [6.45, 7) is 6.93. The minimum Gasteiger partial charge on any atom is -0.342 e. The van der Waals surface area contributed by atoms with E-state index in [0.29, 0.717) is 12.5 Å². The highest BCUT2D eigenvalue weighted by Gasteiger charge is 2.29. The van der Waals surface area contributed by atoms with E-state index in [1.165, 1.54) is 25.7 Å². The van der Waals surface area contributed by atoms with Gasteiger partial charge in [0.2, 0.25) is 5.91 Å². The van der Waals surface area contributed by atoms with Gasteiger partial charge in [0.1, 0.15) is 0 Å². The molecular formula is C15H29N3O. The van der Waals surface area contributed by atoms with Crippen LogP contribution in [0.25, 0.3) is 0 Å². The van der Waals surface area contributed by atoms with Crippen LogP contribution in [-0.4, -0.2) is 61.0 Å². The highest BCUT2D eigenvalue weighted by Crippen LogP contribution is 2.21. The molecule has 2 aliphatic heterocycles. The largest absolute Gasteiger partial charge is 0.342 e. The van der Waals surface area contributed by atoms with Gasteiger partial charge in [-0.25, -0.2) is 0 Å². The second-order valence-corrected chi connectivity index (χ2v) is 6.38. The van der Waals surface area contributed by atoms with Crippen LogP contribution in [0.5, 0.6) is 0 Å². The number of nitrogens with one attached hydrogen (secondary N) is 1. The van der Waals surface area contributed by atoms with Gasteiger partial charge in [-0.2, -0.15) is 0 Å². The van der Waals surface area contributed by atoms with Crippen LogP contribution in [0.3, 0.4) is 0 Å². The SMILES string of the molecule is CNC1(C)CCN(CC(=O)N2CCCCCC2)CC1. The van der Waals surface area contributed by atoms with Crippen LogP contribution in [0.4, 0.5) is 0 Å². The molecule has 4 heteroatoms. The lowest BCUT2D eigenvalue weighted by Gasteiger charge is -2.39. The average molecular weight is 267 g/mol. The summed E-state index contributed by atoms with van der Waals surface area (Å²) < 4.78 is 0. The van der Waals surface area contributed by atoms with Crippen LogP contribution in [-0.2, 0) is 4.79 Å². The van der Waals surface area contributed by atoms with Crippen LogP contribution in [0.15, 0.2) is 0 Å². The molecule has 0 aliphatic carbocycles. The molecule has 0 unspecified atom stereocenters. The summed E-state index contributed by atoms with van der Waals surface area (Å²) in [5.41, 5.74) is 0.266. The van der Waals surface area contributed by atoms with Gasteiger partial charge in [-0.05, 0) is 39.7 Å². The van der Waals surface area contributed by atoms with E-state index in [1.807, 2.05) is 7.05 Å². The van der Waals surface area contributed by atoms with Crippen molar-refractivity contribution in [2.45, 2.75) is 51.0 Å². The number of rotatable bonds is 3. The van der Waals surface area contributed by atoms with Crippen molar-refractivity contribution in [3.63, 3.8) is 0 Å². The maximum atomic E-state index is 12.3. The van der Waals surface area contributed by atoms with E-state index in [-0.39, 0.29) is 5.54 Å². The number of likely N-dealkylation sites (tertiary alicyclic amines) is 2. The third kappa shape index (κ3) is 4.18. The fraction of sp³-hybridized carbons (Fsp3) is 0.933. The quantitative estimate of drug-likeness (QED) is 0.841. The van der Waals surface area contributed by atoms with Crippen LogP contribution in [0, 0.1) is 0 Å². The van der Waals surface area contributed by atoms with E-state index in [0.717, 1.165) is 39.0 Å². The molecule has 0 aromatic heterocycles. The first-order chi connectivity index (χ1) is 9.13. The van der Waals surface area contributed by atoms with Crippen molar-refractivity contribution < 1.29 is 4.79 Å². The standard InChI is InChI=1S/C15H29N3O/c1-15(16-2)7-11-17(12-8-15)13-14(19)18-9-5-3-4-6-10-18/h16H,3-13H2,1-2H3. The van der Waals surface area contributed by atoms with Gasteiger partial charge in [0.05, 0.1) is 6.54 Å². The Balaban J connectivity index is 1.77. The zero-order valence-corrected chi connectivity index (χ0v) is 12.6. The Hall–Kier alpha value is -0.610. The molecule has 2 heterocycles. The normalized spacial score (nSPS) is 25.1. The van der Waals surface area contributed by atoms with Crippen molar-refractivity contribution in [2.24, 2.45) is 0 Å². The highest BCUT2D eigenvalue weighted by atomic mass is 16.2. The molecule has 4 nitrogen and oxygen atoms in total. The van der Waals surface area contributed by atoms with Gasteiger partial charge >= 0.3 is 0 Å². The smallest absolute Gasteiger partial charge is 0.236 e. The predicted octanol–water partition coefficient (Wildman–Crippen LogP) is 1.46. The summed E-state index contributed by atoms with van der Waals surface area (Å²) in [5, 5.41) is 3.40. The number of hydrogen-bond donors (Lipinski definition) is 1. The minimum atomic E-state index is 0.266. The molecule has 2 aliphatic rings. The molecule has 19 heavy (non-hydrogen) atoms. The number of carbonyl (C=O) groups is 1. The fourth-order valence-corrected chi connectivity index (χ4v) is 3.07. The number of nitrogens with zero attached hydrogens (tertiary/aromatic N) is 2. The maximum Gasteiger partial charge on any atom is 0.236 e. The minimum absolute atomic E-state index is 0.266. The van der Waals surface area contributed by atoms with Crippen LogP contribution in [0.2, 0.25) is 0 Å². The zero-order valence-electron chi connectivity index (χ0n) is 12.6. The van der Waals surface area contributed by atoms with Gasteiger partial charge in [0.25, 0.3) is 0 Å². The molecule has 0 spiro atoms. The van der Waals surface area contributed by atoms with Crippen LogP contribution in [0.1, 0.15) is 45.4 Å². The topological polar surface area (TPSA) is 35.6 Å². The Morgan fingerprint density at radius 1 is 1.05 bits per heavy atom. The molecule has 0 aromatic rings. The van der Waals surface area contributed by atoms with Gasteiger partial charge in [-0.1, -0.05) is 12.8 Å². The Kier molecular flexibility index (Phi) is 5.22. The van der Waals surface area contributed by atoms with Crippen molar-refractivity contribution in [2.75, 3.05) is 39.8 Å². The van der Waals surface area contributed by atoms with Gasteiger partial charge in [0, 0.05) is 31.7 Å². The van der Waals surface area contributed by atoms with Gasteiger partial charge in [-0.15, -0.1) is 0 Å². The lowest BCUT2D eigenvalue weighted by atomic mass is 9.90. The number of carbonyl (C=O) groups excluding carboxylic acids is 1. The van der Waals surface area contributed by atoms with E-state index >= 15 is 0 Å². The van der Waals surface area contributed by atoms with Crippen molar-refractivity contribution in [1.29, 1.82) is 0 Å². The van der Waals surface area contributed by atoms with E-state index in [9.17, 15) is 4.79 Å². The molecule has 1 amide bonds. The summed E-state index contributed by atoms with van der Waals surface area (Å²) in [7, 11) is 2.04. The van der Waals surface area contributed by atoms with Gasteiger partial charge in [-0.3, -0.25) is 9.69 Å². The molecule has 2 rings (SSSR count). The second kappa shape index (κ2) is 6.71. The van der Waals surface area contributed by atoms with E-state index in [1.54, 1.807) is 0 Å². The monoisotopic (exact) mass is 267 g/mol. The van der Waals surface area contributed by atoms with Gasteiger partial charge in [0.15, 0.2) is 0 Å². The lowest BCUT2D eigenvalue weighted by Crippen LogP contribution is -2.52. The Labute approximate surface area is 117 Å². The third-order valence-electron chi connectivity index (χ3n) is 4.88. The molecular weight excluding hydrogens is 238 g/mol. The second-order valence-electron chi connectivity index (χ2n) is 6.38. The summed E-state index contributed by atoms with van der Waals surface area (Å²) in [5.74, 6) is 0.343. The molecule has 2 fully saturated rings. The van der Waals surface area contributed by atoms with Crippen molar-refractivity contribution in [3.05, 3.63) is 0 Å². The Morgan fingerprint density at radius 2 is 1.63 bits per heavy atom. The van der Waals surface area contributed by atoms with Gasteiger partial charge < -0.3 is 10.2 Å². The number of amides is 1. The van der Waals surface area contributed by atoms with Crippen molar-refractivity contribution in [1.82, 2.24) is 15.1 Å². The molecule has 2 saturated heterocycles. The molecule has 0 aromatic carbocycles. The van der Waals surface area contributed by atoms with Crippen molar-refractivity contribution >= 4 is 5.91 Å². The molecule has 0 bridgehead atoms. The Morgan fingerprint density at radius 3 is 2.16 bits per heavy atom. The molecule has 110 valence electrons. The van der Waals surface area contributed by atoms with Crippen LogP contribution >= 0.6 is 0 Å². The first-order valence-corrected chi connectivity index (χ1v) is 7.82.